The van der Waals surface area contributed by atoms with Crippen molar-refractivity contribution in [1.29, 1.82) is 0 Å². The molecular weight excluding hydrogens is 458 g/mol. The number of hydrogen-bond acceptors (Lipinski definition) is 7. The molecule has 33 heavy (non-hydrogen) atoms. The average Bonchev–Trinajstić information content (AvgIpc) is 3.32. The lowest BCUT2D eigenvalue weighted by Gasteiger charge is -2.23. The fourth-order valence-electron chi connectivity index (χ4n) is 4.05. The van der Waals surface area contributed by atoms with Gasteiger partial charge in [0.15, 0.2) is 20.8 Å². The maximum Gasteiger partial charge on any atom is 0.230 e. The molecule has 10 heteroatoms. The molecule has 0 spiro atoms. The number of thioether (sulfide) groups is 1. The molecule has 1 aromatic carbocycles. The number of sulfone groups is 1. The molecule has 0 radical (unpaired) electrons. The number of carbonyl (C=O) groups excluding carboxylic acids is 1. The summed E-state index contributed by atoms with van der Waals surface area (Å²) in [5.74, 6) is 0.869. The number of aromatic nitrogens is 4. The third kappa shape index (κ3) is 5.27. The van der Waals surface area contributed by atoms with Crippen LogP contribution in [0.3, 0.4) is 0 Å². The maximum absolute atomic E-state index is 12.7. The summed E-state index contributed by atoms with van der Waals surface area (Å²) in [6.07, 6.45) is 3.87. The van der Waals surface area contributed by atoms with Crippen LogP contribution < -0.4 is 5.32 Å². The number of hydrogen-bond donors (Lipinski definition) is 1. The molecule has 1 unspecified atom stereocenters. The van der Waals surface area contributed by atoms with Crippen molar-refractivity contribution >= 4 is 27.5 Å². The van der Waals surface area contributed by atoms with Gasteiger partial charge in [0.25, 0.3) is 0 Å². The first-order valence-electron chi connectivity index (χ1n) is 10.8. The Kier molecular flexibility index (Phi) is 6.58. The van der Waals surface area contributed by atoms with Gasteiger partial charge in [0, 0.05) is 18.0 Å². The second-order valence-corrected chi connectivity index (χ2v) is 12.0. The first-order chi connectivity index (χ1) is 15.7. The van der Waals surface area contributed by atoms with E-state index in [1.54, 1.807) is 19.3 Å². The van der Waals surface area contributed by atoms with Gasteiger partial charge in [0.05, 0.1) is 28.5 Å². The lowest BCUT2D eigenvalue weighted by Crippen LogP contribution is -2.47. The molecular formula is C23H27N5O3S2. The van der Waals surface area contributed by atoms with E-state index in [1.807, 2.05) is 34.9 Å². The van der Waals surface area contributed by atoms with Crippen molar-refractivity contribution in [2.45, 2.75) is 43.8 Å². The summed E-state index contributed by atoms with van der Waals surface area (Å²) in [6.45, 7) is 6.04. The lowest BCUT2D eigenvalue weighted by molar-refractivity contribution is -0.120. The van der Waals surface area contributed by atoms with E-state index < -0.39 is 15.4 Å². The molecule has 4 rings (SSSR count). The van der Waals surface area contributed by atoms with Crippen LogP contribution in [0.1, 0.15) is 38.7 Å². The molecule has 2 aromatic heterocycles. The Labute approximate surface area is 198 Å². The molecule has 1 amide bonds. The Morgan fingerprint density at radius 2 is 2.00 bits per heavy atom. The van der Waals surface area contributed by atoms with Gasteiger partial charge in [-0.1, -0.05) is 43.8 Å². The van der Waals surface area contributed by atoms with Crippen molar-refractivity contribution in [3.05, 3.63) is 54.4 Å². The van der Waals surface area contributed by atoms with Crippen LogP contribution in [-0.4, -0.2) is 56.9 Å². The van der Waals surface area contributed by atoms with Crippen molar-refractivity contribution in [1.82, 2.24) is 25.1 Å². The zero-order valence-corrected chi connectivity index (χ0v) is 20.5. The minimum absolute atomic E-state index is 0.0283. The first-order valence-corrected chi connectivity index (χ1v) is 13.6. The standard InChI is InChI=1S/C23H27N5O3S2/c1-16(2)18-8-4-5-9-19(18)28-21(17-7-6-11-24-13-17)26-27-22(28)32-14-20(29)25-23(3)10-12-33(30,31)15-23/h4-9,11,13,16H,10,12,14-15H2,1-3H3,(H,25,29). The molecule has 1 fully saturated rings. The van der Waals surface area contributed by atoms with Gasteiger partial charge in [-0.2, -0.15) is 0 Å². The molecule has 0 aliphatic carbocycles. The van der Waals surface area contributed by atoms with E-state index in [1.165, 1.54) is 11.8 Å². The number of carbonyl (C=O) groups is 1. The van der Waals surface area contributed by atoms with Gasteiger partial charge in [-0.05, 0) is 43.0 Å². The van der Waals surface area contributed by atoms with Gasteiger partial charge in [-0.25, -0.2) is 8.42 Å². The highest BCUT2D eigenvalue weighted by Crippen LogP contribution is 2.32. The van der Waals surface area contributed by atoms with E-state index >= 15 is 0 Å². The monoisotopic (exact) mass is 485 g/mol. The van der Waals surface area contributed by atoms with Gasteiger partial charge < -0.3 is 5.32 Å². The smallest absolute Gasteiger partial charge is 0.230 e. The van der Waals surface area contributed by atoms with E-state index in [0.717, 1.165) is 16.8 Å². The van der Waals surface area contributed by atoms with Gasteiger partial charge in [0.1, 0.15) is 0 Å². The topological polar surface area (TPSA) is 107 Å². The molecule has 3 heterocycles. The van der Waals surface area contributed by atoms with Gasteiger partial charge in [-0.15, -0.1) is 10.2 Å². The highest BCUT2D eigenvalue weighted by molar-refractivity contribution is 7.99. The first kappa shape index (κ1) is 23.4. The van der Waals surface area contributed by atoms with Crippen LogP contribution in [0.4, 0.5) is 0 Å². The quantitative estimate of drug-likeness (QED) is 0.512. The van der Waals surface area contributed by atoms with Crippen LogP contribution in [0.2, 0.25) is 0 Å². The Morgan fingerprint density at radius 1 is 1.21 bits per heavy atom. The van der Waals surface area contributed by atoms with Crippen molar-refractivity contribution in [2.24, 2.45) is 0 Å². The van der Waals surface area contributed by atoms with Crippen molar-refractivity contribution in [3.63, 3.8) is 0 Å². The molecule has 1 aliphatic heterocycles. The molecule has 1 N–H and O–H groups in total. The summed E-state index contributed by atoms with van der Waals surface area (Å²) in [6, 6.07) is 11.8. The van der Waals surface area contributed by atoms with Crippen molar-refractivity contribution < 1.29 is 13.2 Å². The molecule has 174 valence electrons. The lowest BCUT2D eigenvalue weighted by atomic mass is 10.0. The summed E-state index contributed by atoms with van der Waals surface area (Å²) >= 11 is 1.28. The number of nitrogens with one attached hydrogen (secondary N) is 1. The van der Waals surface area contributed by atoms with E-state index in [4.69, 9.17) is 0 Å². The summed E-state index contributed by atoms with van der Waals surface area (Å²) < 4.78 is 25.7. The van der Waals surface area contributed by atoms with Crippen LogP contribution in [0.25, 0.3) is 17.1 Å². The zero-order chi connectivity index (χ0) is 23.6. The highest BCUT2D eigenvalue weighted by atomic mass is 32.2. The minimum Gasteiger partial charge on any atom is -0.349 e. The SMILES string of the molecule is CC(C)c1ccccc1-n1c(SCC(=O)NC2(C)CCS(=O)(=O)C2)nnc1-c1cccnc1. The van der Waals surface area contributed by atoms with E-state index in [-0.39, 0.29) is 29.1 Å². The van der Waals surface area contributed by atoms with Crippen molar-refractivity contribution in [2.75, 3.05) is 17.3 Å². The maximum atomic E-state index is 12.7. The molecule has 0 saturated carbocycles. The largest absolute Gasteiger partial charge is 0.349 e. The predicted molar refractivity (Wildman–Crippen MR) is 129 cm³/mol. The van der Waals surface area contributed by atoms with Gasteiger partial charge >= 0.3 is 0 Å². The number of para-hydroxylation sites is 1. The number of nitrogens with zero attached hydrogens (tertiary/aromatic N) is 4. The summed E-state index contributed by atoms with van der Waals surface area (Å²) in [4.78, 5) is 16.9. The van der Waals surface area contributed by atoms with E-state index in [0.29, 0.717) is 17.4 Å². The highest BCUT2D eigenvalue weighted by Gasteiger charge is 2.39. The fraction of sp³-hybridized carbons (Fsp3) is 0.391. The van der Waals surface area contributed by atoms with Crippen LogP contribution in [-0.2, 0) is 14.6 Å². The number of pyridine rings is 1. The van der Waals surface area contributed by atoms with Crippen molar-refractivity contribution in [3.8, 4) is 17.1 Å². The third-order valence-electron chi connectivity index (χ3n) is 5.63. The Balaban J connectivity index is 1.63. The molecule has 1 saturated heterocycles. The van der Waals surface area contributed by atoms with Crippen LogP contribution in [0.5, 0.6) is 0 Å². The van der Waals surface area contributed by atoms with Gasteiger partial charge in [-0.3, -0.25) is 14.3 Å². The second kappa shape index (κ2) is 9.26. The second-order valence-electron chi connectivity index (χ2n) is 8.84. The Hall–Kier alpha value is -2.72. The normalized spacial score (nSPS) is 19.6. The van der Waals surface area contributed by atoms with E-state index in [2.05, 4.69) is 40.4 Å². The number of amides is 1. The molecule has 3 aromatic rings. The third-order valence-corrected chi connectivity index (χ3v) is 8.46. The summed E-state index contributed by atoms with van der Waals surface area (Å²) in [5.41, 5.74) is 2.18. The van der Waals surface area contributed by atoms with Crippen LogP contribution in [0, 0.1) is 0 Å². The van der Waals surface area contributed by atoms with Crippen LogP contribution >= 0.6 is 11.8 Å². The molecule has 0 bridgehead atoms. The van der Waals surface area contributed by atoms with E-state index in [9.17, 15) is 13.2 Å². The molecule has 1 aliphatic rings. The predicted octanol–water partition coefficient (Wildman–Crippen LogP) is 3.24. The van der Waals surface area contributed by atoms with Crippen LogP contribution in [0.15, 0.2) is 53.9 Å². The molecule has 8 nitrogen and oxygen atoms in total. The molecule has 1 atom stereocenters. The fourth-order valence-corrected chi connectivity index (χ4v) is 6.89. The minimum atomic E-state index is -3.10. The Bertz CT molecular complexity index is 1260. The summed E-state index contributed by atoms with van der Waals surface area (Å²) in [7, 11) is -3.10. The van der Waals surface area contributed by atoms with Gasteiger partial charge in [0.2, 0.25) is 5.91 Å². The average molecular weight is 486 g/mol. The number of rotatable bonds is 7. The zero-order valence-electron chi connectivity index (χ0n) is 18.9. The summed E-state index contributed by atoms with van der Waals surface area (Å²) in [5, 5.41) is 12.3. The Morgan fingerprint density at radius 3 is 2.67 bits per heavy atom. The number of benzene rings is 1.